The van der Waals surface area contributed by atoms with Gasteiger partial charge in [0.05, 0.1) is 0 Å². The summed E-state index contributed by atoms with van der Waals surface area (Å²) in [5.74, 6) is 0.951. The van der Waals surface area contributed by atoms with Crippen LogP contribution in [0.4, 0.5) is 0 Å². The third-order valence-corrected chi connectivity index (χ3v) is 3.50. The Labute approximate surface area is 107 Å². The van der Waals surface area contributed by atoms with Crippen molar-refractivity contribution in [3.63, 3.8) is 0 Å². The number of hydrogen-bond donors (Lipinski definition) is 1. The predicted molar refractivity (Wildman–Crippen MR) is 73.9 cm³/mol. The zero-order valence-electron chi connectivity index (χ0n) is 10.2. The Hall–Kier alpha value is -0.930. The lowest BCUT2D eigenvalue weighted by atomic mass is 10.3. The Morgan fingerprint density at radius 2 is 2.24 bits per heavy atom. The summed E-state index contributed by atoms with van der Waals surface area (Å²) in [5.41, 5.74) is 1.10. The molecule has 2 rings (SSSR count). The van der Waals surface area contributed by atoms with Gasteiger partial charge in [0, 0.05) is 17.5 Å². The standard InChI is InChI=1S/C14H19NOS/c1-11(9-15-12-7-8-12)10-16-13-5-3-4-6-14(13)17-2/h3-6,12,15H,1,7-10H2,2H3. The van der Waals surface area contributed by atoms with Crippen molar-refractivity contribution in [2.24, 2.45) is 0 Å². The Balaban J connectivity index is 1.77. The summed E-state index contributed by atoms with van der Waals surface area (Å²) in [7, 11) is 0. The largest absolute Gasteiger partial charge is 0.488 e. The number of ether oxygens (including phenoxy) is 1. The second-order valence-corrected chi connectivity index (χ2v) is 5.19. The van der Waals surface area contributed by atoms with Crippen LogP contribution in [0.25, 0.3) is 0 Å². The molecule has 3 heteroatoms. The van der Waals surface area contributed by atoms with Gasteiger partial charge >= 0.3 is 0 Å². The Morgan fingerprint density at radius 3 is 2.94 bits per heavy atom. The van der Waals surface area contributed by atoms with Gasteiger partial charge in [-0.25, -0.2) is 0 Å². The molecule has 0 spiro atoms. The maximum atomic E-state index is 5.78. The van der Waals surface area contributed by atoms with Crippen molar-refractivity contribution in [2.75, 3.05) is 19.4 Å². The van der Waals surface area contributed by atoms with Crippen molar-refractivity contribution < 1.29 is 4.74 Å². The molecule has 92 valence electrons. The summed E-state index contributed by atoms with van der Waals surface area (Å²) in [5, 5.41) is 3.44. The van der Waals surface area contributed by atoms with E-state index in [0.717, 1.165) is 23.9 Å². The molecule has 0 unspecified atom stereocenters. The molecule has 0 bridgehead atoms. The van der Waals surface area contributed by atoms with Gasteiger partial charge in [0.25, 0.3) is 0 Å². The molecule has 1 aliphatic carbocycles. The molecule has 0 aromatic heterocycles. The molecule has 17 heavy (non-hydrogen) atoms. The molecular formula is C14H19NOS. The molecule has 0 atom stereocenters. The lowest BCUT2D eigenvalue weighted by molar-refractivity contribution is 0.340. The second kappa shape index (κ2) is 6.12. The molecule has 0 radical (unpaired) electrons. The van der Waals surface area contributed by atoms with Gasteiger partial charge in [-0.1, -0.05) is 18.7 Å². The van der Waals surface area contributed by atoms with Crippen LogP contribution in [-0.2, 0) is 0 Å². The molecule has 0 amide bonds. The van der Waals surface area contributed by atoms with Crippen LogP contribution in [0.3, 0.4) is 0 Å². The monoisotopic (exact) mass is 249 g/mol. The van der Waals surface area contributed by atoms with Gasteiger partial charge < -0.3 is 10.1 Å². The predicted octanol–water partition coefficient (Wildman–Crippen LogP) is 3.10. The van der Waals surface area contributed by atoms with E-state index in [1.54, 1.807) is 11.8 Å². The van der Waals surface area contributed by atoms with Crippen LogP contribution in [0.15, 0.2) is 41.3 Å². The molecule has 2 nitrogen and oxygen atoms in total. The van der Waals surface area contributed by atoms with Crippen LogP contribution in [0.2, 0.25) is 0 Å². The quantitative estimate of drug-likeness (QED) is 0.592. The van der Waals surface area contributed by atoms with Crippen molar-refractivity contribution in [1.29, 1.82) is 0 Å². The van der Waals surface area contributed by atoms with Crippen LogP contribution in [0, 0.1) is 0 Å². The third-order valence-electron chi connectivity index (χ3n) is 2.72. The smallest absolute Gasteiger partial charge is 0.133 e. The molecular weight excluding hydrogens is 230 g/mol. The molecule has 1 aliphatic rings. The van der Waals surface area contributed by atoms with E-state index < -0.39 is 0 Å². The lowest BCUT2D eigenvalue weighted by Crippen LogP contribution is -2.21. The maximum absolute atomic E-state index is 5.78. The lowest BCUT2D eigenvalue weighted by Gasteiger charge is -2.11. The summed E-state index contributed by atoms with van der Waals surface area (Å²) in [6, 6.07) is 8.84. The van der Waals surface area contributed by atoms with Gasteiger partial charge in [-0.15, -0.1) is 11.8 Å². The van der Waals surface area contributed by atoms with Crippen LogP contribution >= 0.6 is 11.8 Å². The zero-order chi connectivity index (χ0) is 12.1. The van der Waals surface area contributed by atoms with Gasteiger partial charge in [-0.05, 0) is 36.8 Å². The van der Waals surface area contributed by atoms with E-state index in [0.29, 0.717) is 6.61 Å². The van der Waals surface area contributed by atoms with Crippen molar-refractivity contribution in [3.8, 4) is 5.75 Å². The first-order valence-electron chi connectivity index (χ1n) is 5.95. The van der Waals surface area contributed by atoms with Gasteiger partial charge in [0.1, 0.15) is 12.4 Å². The fraction of sp³-hybridized carbons (Fsp3) is 0.429. The van der Waals surface area contributed by atoms with Crippen LogP contribution in [0.5, 0.6) is 5.75 Å². The van der Waals surface area contributed by atoms with Crippen LogP contribution < -0.4 is 10.1 Å². The fourth-order valence-electron chi connectivity index (χ4n) is 1.55. The molecule has 0 aliphatic heterocycles. The highest BCUT2D eigenvalue weighted by Crippen LogP contribution is 2.27. The van der Waals surface area contributed by atoms with E-state index in [2.05, 4.69) is 24.2 Å². The first-order valence-corrected chi connectivity index (χ1v) is 7.18. The van der Waals surface area contributed by atoms with Gasteiger partial charge in [-0.3, -0.25) is 0 Å². The molecule has 1 aromatic carbocycles. The number of thioether (sulfide) groups is 1. The van der Waals surface area contributed by atoms with E-state index in [-0.39, 0.29) is 0 Å². The Bertz CT molecular complexity index is 388. The minimum absolute atomic E-state index is 0.595. The van der Waals surface area contributed by atoms with Gasteiger partial charge in [0.2, 0.25) is 0 Å². The highest BCUT2D eigenvalue weighted by Gasteiger charge is 2.20. The van der Waals surface area contributed by atoms with Crippen molar-refractivity contribution in [3.05, 3.63) is 36.4 Å². The van der Waals surface area contributed by atoms with E-state index in [4.69, 9.17) is 4.74 Å². The van der Waals surface area contributed by atoms with Crippen LogP contribution in [-0.4, -0.2) is 25.4 Å². The van der Waals surface area contributed by atoms with Crippen molar-refractivity contribution in [2.45, 2.75) is 23.8 Å². The number of nitrogens with one attached hydrogen (secondary N) is 1. The average molecular weight is 249 g/mol. The summed E-state index contributed by atoms with van der Waals surface area (Å²) < 4.78 is 5.78. The highest BCUT2D eigenvalue weighted by molar-refractivity contribution is 7.98. The maximum Gasteiger partial charge on any atom is 0.133 e. The van der Waals surface area contributed by atoms with E-state index in [9.17, 15) is 0 Å². The number of rotatable bonds is 7. The normalized spacial score (nSPS) is 14.6. The summed E-state index contributed by atoms with van der Waals surface area (Å²) in [6.07, 6.45) is 4.68. The molecule has 0 saturated heterocycles. The first kappa shape index (κ1) is 12.5. The SMILES string of the molecule is C=C(CNC1CC1)COc1ccccc1SC. The molecule has 0 heterocycles. The molecule has 1 aromatic rings. The molecule has 1 fully saturated rings. The minimum atomic E-state index is 0.595. The second-order valence-electron chi connectivity index (χ2n) is 4.34. The number of benzene rings is 1. The topological polar surface area (TPSA) is 21.3 Å². The molecule has 1 saturated carbocycles. The Morgan fingerprint density at radius 1 is 1.47 bits per heavy atom. The summed E-state index contributed by atoms with van der Waals surface area (Å²) >= 11 is 1.71. The molecule has 1 N–H and O–H groups in total. The average Bonchev–Trinajstić information content (AvgIpc) is 3.18. The minimum Gasteiger partial charge on any atom is -0.488 e. The number of hydrogen-bond acceptors (Lipinski definition) is 3. The van der Waals surface area contributed by atoms with Gasteiger partial charge in [0.15, 0.2) is 0 Å². The third kappa shape index (κ3) is 4.10. The van der Waals surface area contributed by atoms with Crippen molar-refractivity contribution >= 4 is 11.8 Å². The zero-order valence-corrected chi connectivity index (χ0v) is 11.1. The first-order chi connectivity index (χ1) is 8.29. The number of para-hydroxylation sites is 1. The van der Waals surface area contributed by atoms with Gasteiger partial charge in [-0.2, -0.15) is 0 Å². The fourth-order valence-corrected chi connectivity index (χ4v) is 2.09. The van der Waals surface area contributed by atoms with E-state index in [1.807, 2.05) is 18.2 Å². The van der Waals surface area contributed by atoms with Crippen LogP contribution in [0.1, 0.15) is 12.8 Å². The summed E-state index contributed by atoms with van der Waals surface area (Å²) in [6.45, 7) is 5.49. The Kier molecular flexibility index (Phi) is 4.51. The van der Waals surface area contributed by atoms with E-state index in [1.165, 1.54) is 17.7 Å². The van der Waals surface area contributed by atoms with E-state index >= 15 is 0 Å². The summed E-state index contributed by atoms with van der Waals surface area (Å²) in [4.78, 5) is 1.18. The van der Waals surface area contributed by atoms with Crippen molar-refractivity contribution in [1.82, 2.24) is 5.32 Å². The highest BCUT2D eigenvalue weighted by atomic mass is 32.2.